The van der Waals surface area contributed by atoms with E-state index in [-0.39, 0.29) is 30.2 Å². The molecule has 0 saturated heterocycles. The van der Waals surface area contributed by atoms with Gasteiger partial charge in [0.05, 0.1) is 0 Å². The van der Waals surface area contributed by atoms with Crippen LogP contribution >= 0.6 is 11.6 Å². The first-order valence-corrected chi connectivity index (χ1v) is 14.4. The molecule has 0 unspecified atom stereocenters. The normalized spacial score (nSPS) is 13.8. The molecule has 35 heavy (non-hydrogen) atoms. The summed E-state index contributed by atoms with van der Waals surface area (Å²) in [5.41, 5.74) is 11.2. The molecule has 0 spiro atoms. The second-order valence-electron chi connectivity index (χ2n) is 10.1. The maximum atomic E-state index is 6.38. The first-order chi connectivity index (χ1) is 15.8. The predicted molar refractivity (Wildman–Crippen MR) is 136 cm³/mol. The van der Waals surface area contributed by atoms with Gasteiger partial charge in [0.2, 0.25) is 0 Å². The minimum Gasteiger partial charge on any atom is -1.00 e. The number of hydrogen-bond acceptors (Lipinski definition) is 1. The minimum atomic E-state index is -1.09. The maximum Gasteiger partial charge on any atom is -1.00 e. The Hall–Kier alpha value is -1.31. The van der Waals surface area contributed by atoms with Crippen LogP contribution in [0.15, 0.2) is 75.1 Å². The Labute approximate surface area is 238 Å². The Morgan fingerprint density at radius 2 is 1.66 bits per heavy atom. The number of benzene rings is 3. The van der Waals surface area contributed by atoms with Crippen molar-refractivity contribution in [2.24, 2.45) is 5.41 Å². The van der Waals surface area contributed by atoms with E-state index in [2.05, 4.69) is 82.3 Å². The molecule has 0 bridgehead atoms. The van der Waals surface area contributed by atoms with Gasteiger partial charge in [-0.25, -0.2) is 0 Å². The Kier molecular flexibility index (Phi) is 8.87. The zero-order valence-corrected chi connectivity index (χ0v) is 25.5. The molecule has 0 radical (unpaired) electrons. The Morgan fingerprint density at radius 3 is 2.31 bits per heavy atom. The quantitative estimate of drug-likeness (QED) is 0.347. The van der Waals surface area contributed by atoms with Crippen molar-refractivity contribution in [2.75, 3.05) is 7.11 Å². The third-order valence-electron chi connectivity index (χ3n) is 6.76. The standard InChI is InChI=1S/C20H14ClO.C10H15.2ClH.Zr/c1-22-19-10-9-16(13-5-3-2-4-6-13)18-12-14-11-15(21)7-8-17(14)20(18)19;1-8-5-6-9(7-8)10(2,3)4;;;/h2-8,10-11H,12H2,1H3;6H,5H2,1-4H3;2*1H;/q;;;;+2/p-2. The van der Waals surface area contributed by atoms with Gasteiger partial charge in [0.25, 0.3) is 0 Å². The van der Waals surface area contributed by atoms with Crippen molar-refractivity contribution >= 4 is 14.9 Å². The van der Waals surface area contributed by atoms with Crippen LogP contribution in [0.5, 0.6) is 5.75 Å². The van der Waals surface area contributed by atoms with Crippen molar-refractivity contribution in [3.8, 4) is 28.0 Å². The summed E-state index contributed by atoms with van der Waals surface area (Å²) in [5.74, 6) is 0.999. The maximum absolute atomic E-state index is 6.38. The van der Waals surface area contributed by atoms with Gasteiger partial charge in [0.15, 0.2) is 0 Å². The summed E-state index contributed by atoms with van der Waals surface area (Å²) in [6.07, 6.45) is 4.46. The van der Waals surface area contributed by atoms with Gasteiger partial charge in [-0.15, -0.1) is 0 Å². The van der Waals surface area contributed by atoms with Crippen molar-refractivity contribution in [3.63, 3.8) is 0 Å². The molecule has 3 aromatic rings. The average Bonchev–Trinajstić information content (AvgIpc) is 3.33. The van der Waals surface area contributed by atoms with Crippen LogP contribution in [-0.4, -0.2) is 7.11 Å². The Balaban J connectivity index is 0.00000171. The number of ether oxygens (including phenoxy) is 1. The predicted octanol–water partition coefficient (Wildman–Crippen LogP) is 1.95. The van der Waals surface area contributed by atoms with E-state index in [1.807, 2.05) is 6.07 Å². The van der Waals surface area contributed by atoms with E-state index in [0.717, 1.165) is 23.6 Å². The van der Waals surface area contributed by atoms with Gasteiger partial charge in [-0.1, -0.05) is 0 Å². The van der Waals surface area contributed by atoms with E-state index >= 15 is 0 Å². The van der Waals surface area contributed by atoms with Gasteiger partial charge in [0.1, 0.15) is 0 Å². The third-order valence-corrected chi connectivity index (χ3v) is 10.9. The van der Waals surface area contributed by atoms with E-state index in [0.29, 0.717) is 0 Å². The molecule has 0 atom stereocenters. The van der Waals surface area contributed by atoms with Crippen molar-refractivity contribution in [1.29, 1.82) is 0 Å². The summed E-state index contributed by atoms with van der Waals surface area (Å²) in [4.78, 5) is 0. The fourth-order valence-corrected chi connectivity index (χ4v) is 9.87. The summed E-state index contributed by atoms with van der Waals surface area (Å²) in [6.45, 7) is 9.37. The third kappa shape index (κ3) is 5.24. The van der Waals surface area contributed by atoms with Crippen LogP contribution in [0, 0.1) is 5.41 Å². The fourth-order valence-electron chi connectivity index (χ4n) is 5.20. The van der Waals surface area contributed by atoms with E-state index in [9.17, 15) is 0 Å². The number of fused-ring (bicyclic) bond motifs is 3. The molecule has 2 aliphatic carbocycles. The Morgan fingerprint density at radius 1 is 0.943 bits per heavy atom. The number of hydrogen-bond donors (Lipinski definition) is 0. The van der Waals surface area contributed by atoms with Crippen LogP contribution < -0.4 is 32.8 Å². The van der Waals surface area contributed by atoms with Crippen LogP contribution in [0.25, 0.3) is 22.3 Å². The number of methoxy groups -OCH3 is 1. The van der Waals surface area contributed by atoms with Gasteiger partial charge in [0, 0.05) is 0 Å². The molecule has 0 heterocycles. The molecule has 5 heteroatoms. The largest absolute Gasteiger partial charge is 1.00 e. The molecule has 2 aliphatic rings. The minimum absolute atomic E-state index is 0. The summed E-state index contributed by atoms with van der Waals surface area (Å²) in [5, 5.41) is 0.796. The SMILES string of the molecule is COc1c[c]([Zr+2][C]2=C(C)CC=C2C(C)(C)C)c(-c2ccccc2)c2c1-c1ccc(Cl)cc1C2.[Cl-].[Cl-]. The van der Waals surface area contributed by atoms with Crippen molar-refractivity contribution in [1.82, 2.24) is 0 Å². The average molecular weight is 603 g/mol. The molecular formula is C30H29Cl3OZr. The van der Waals surface area contributed by atoms with Crippen LogP contribution in [0.3, 0.4) is 0 Å². The first-order valence-electron chi connectivity index (χ1n) is 11.5. The molecule has 0 amide bonds. The van der Waals surface area contributed by atoms with E-state index < -0.39 is 23.2 Å². The molecule has 0 aliphatic heterocycles. The number of allylic oxidation sites excluding steroid dienone is 4. The van der Waals surface area contributed by atoms with Crippen LogP contribution in [0.4, 0.5) is 0 Å². The molecule has 1 nitrogen and oxygen atoms in total. The molecule has 180 valence electrons. The van der Waals surface area contributed by atoms with Crippen molar-refractivity contribution in [2.45, 2.75) is 40.5 Å². The zero-order chi connectivity index (χ0) is 23.3. The summed E-state index contributed by atoms with van der Waals surface area (Å²) < 4.78 is 9.19. The summed E-state index contributed by atoms with van der Waals surface area (Å²) in [7, 11) is 1.81. The van der Waals surface area contributed by atoms with Crippen LogP contribution in [0.1, 0.15) is 45.2 Å². The van der Waals surface area contributed by atoms with Gasteiger partial charge < -0.3 is 24.8 Å². The van der Waals surface area contributed by atoms with Crippen molar-refractivity contribution < 1.29 is 52.8 Å². The van der Waals surface area contributed by atoms with E-state index in [1.54, 1.807) is 21.5 Å². The van der Waals surface area contributed by atoms with E-state index in [4.69, 9.17) is 16.3 Å². The summed E-state index contributed by atoms with van der Waals surface area (Å²) >= 11 is 5.29. The zero-order valence-electron chi connectivity index (χ0n) is 20.7. The molecule has 0 N–H and O–H groups in total. The van der Waals surface area contributed by atoms with Gasteiger partial charge in [-0.3, -0.25) is 0 Å². The number of halogens is 3. The smallest absolute Gasteiger partial charge is 1.00 e. The second-order valence-corrected chi connectivity index (χ2v) is 13.7. The molecular weight excluding hydrogens is 574 g/mol. The Bertz CT molecular complexity index is 1320. The van der Waals surface area contributed by atoms with Crippen LogP contribution in [-0.2, 0) is 29.7 Å². The fraction of sp³-hybridized carbons (Fsp3) is 0.267. The van der Waals surface area contributed by atoms with E-state index in [1.165, 1.54) is 36.7 Å². The molecule has 5 rings (SSSR count). The molecule has 0 saturated carbocycles. The second kappa shape index (κ2) is 11.0. The van der Waals surface area contributed by atoms with Gasteiger partial charge >= 0.3 is 215 Å². The van der Waals surface area contributed by atoms with Gasteiger partial charge in [-0.2, -0.15) is 0 Å². The molecule has 3 aromatic carbocycles. The summed E-state index contributed by atoms with van der Waals surface area (Å²) in [6, 6.07) is 19.6. The molecule has 0 fully saturated rings. The molecule has 0 aromatic heterocycles. The van der Waals surface area contributed by atoms with Crippen LogP contribution in [0.2, 0.25) is 5.02 Å². The monoisotopic (exact) mass is 600 g/mol. The topological polar surface area (TPSA) is 9.23 Å². The van der Waals surface area contributed by atoms with Crippen molar-refractivity contribution in [3.05, 3.63) is 91.3 Å². The number of rotatable bonds is 4. The first kappa shape index (κ1) is 28.3. The van der Waals surface area contributed by atoms with Gasteiger partial charge in [-0.05, 0) is 0 Å².